The van der Waals surface area contributed by atoms with Crippen molar-refractivity contribution in [1.82, 2.24) is 20.0 Å². The summed E-state index contributed by atoms with van der Waals surface area (Å²) in [6, 6.07) is 14.3. The van der Waals surface area contributed by atoms with Crippen LogP contribution in [0, 0.1) is 0 Å². The molecule has 2 fully saturated rings. The molecular weight excluding hydrogens is 468 g/mol. The highest BCUT2D eigenvalue weighted by molar-refractivity contribution is 5.99. The molecule has 2 saturated heterocycles. The molecule has 2 unspecified atom stereocenters. The Bertz CT molecular complexity index is 1350. The van der Waals surface area contributed by atoms with E-state index in [2.05, 4.69) is 34.7 Å². The molecular formula is C29H34N4O4. The third-order valence-corrected chi connectivity index (χ3v) is 8.17. The molecule has 2 aliphatic heterocycles. The zero-order valence-corrected chi connectivity index (χ0v) is 21.2. The van der Waals surface area contributed by atoms with E-state index in [-0.39, 0.29) is 36.1 Å². The van der Waals surface area contributed by atoms with Crippen LogP contribution in [0.15, 0.2) is 47.3 Å². The molecule has 3 aliphatic rings. The van der Waals surface area contributed by atoms with Gasteiger partial charge in [0.1, 0.15) is 0 Å². The van der Waals surface area contributed by atoms with Gasteiger partial charge in [0.2, 0.25) is 0 Å². The van der Waals surface area contributed by atoms with Gasteiger partial charge in [-0.25, -0.2) is 4.68 Å². The van der Waals surface area contributed by atoms with E-state index < -0.39 is 6.10 Å². The number of hydrogen-bond acceptors (Lipinski definition) is 6. The lowest BCUT2D eigenvalue weighted by Crippen LogP contribution is -2.49. The smallest absolute Gasteiger partial charge is 0.274 e. The Morgan fingerprint density at radius 1 is 1.11 bits per heavy atom. The number of aliphatic hydroxyl groups excluding tert-OH is 1. The fourth-order valence-corrected chi connectivity index (χ4v) is 6.25. The summed E-state index contributed by atoms with van der Waals surface area (Å²) in [7, 11) is 0. The summed E-state index contributed by atoms with van der Waals surface area (Å²) >= 11 is 0. The molecule has 2 aromatic carbocycles. The molecule has 3 aromatic rings. The molecule has 1 amide bonds. The van der Waals surface area contributed by atoms with Crippen LogP contribution in [0.4, 0.5) is 0 Å². The summed E-state index contributed by atoms with van der Waals surface area (Å²) in [5.41, 5.74) is 3.80. The maximum atomic E-state index is 13.4. The van der Waals surface area contributed by atoms with Gasteiger partial charge in [-0.15, -0.1) is 0 Å². The lowest BCUT2D eigenvalue weighted by Gasteiger charge is -2.34. The number of aryl methyl sites for hydroxylation is 1. The number of amides is 1. The van der Waals surface area contributed by atoms with Gasteiger partial charge in [0.15, 0.2) is 0 Å². The molecule has 2 bridgehead atoms. The van der Waals surface area contributed by atoms with Crippen LogP contribution in [-0.4, -0.2) is 69.7 Å². The Hall–Kier alpha value is -3.07. The van der Waals surface area contributed by atoms with Crippen LogP contribution in [0.1, 0.15) is 46.9 Å². The third-order valence-electron chi connectivity index (χ3n) is 8.17. The molecule has 8 nitrogen and oxygen atoms in total. The average Bonchev–Trinajstić information content (AvgIpc) is 3.45. The topological polar surface area (TPSA) is 96.7 Å². The molecule has 2 N–H and O–H groups in total. The van der Waals surface area contributed by atoms with Crippen molar-refractivity contribution in [3.63, 3.8) is 0 Å². The minimum absolute atomic E-state index is 0.000471. The number of ether oxygens (including phenoxy) is 1. The maximum absolute atomic E-state index is 13.4. The first-order valence-corrected chi connectivity index (χ1v) is 13.4. The second kappa shape index (κ2) is 10.0. The molecule has 194 valence electrons. The number of benzene rings is 2. The lowest BCUT2D eigenvalue weighted by molar-refractivity contribution is -0.00714. The zero-order chi connectivity index (χ0) is 25.5. The summed E-state index contributed by atoms with van der Waals surface area (Å²) in [6.07, 6.45) is 3.72. The summed E-state index contributed by atoms with van der Waals surface area (Å²) in [4.78, 5) is 28.6. The van der Waals surface area contributed by atoms with E-state index in [9.17, 15) is 14.7 Å². The predicted octanol–water partition coefficient (Wildman–Crippen LogP) is 2.08. The number of fused-ring (bicyclic) bond motifs is 4. The molecule has 6 rings (SSSR count). The van der Waals surface area contributed by atoms with Crippen molar-refractivity contribution in [2.75, 3.05) is 19.8 Å². The molecule has 3 atom stereocenters. The van der Waals surface area contributed by atoms with Crippen molar-refractivity contribution in [2.45, 2.75) is 69.8 Å². The second-order valence-electron chi connectivity index (χ2n) is 10.6. The van der Waals surface area contributed by atoms with Gasteiger partial charge in [0.25, 0.3) is 11.5 Å². The fraction of sp³-hybridized carbons (Fsp3) is 0.483. The van der Waals surface area contributed by atoms with Crippen molar-refractivity contribution in [3.05, 3.63) is 75.2 Å². The average molecular weight is 503 g/mol. The first-order valence-electron chi connectivity index (χ1n) is 13.4. The summed E-state index contributed by atoms with van der Waals surface area (Å²) in [5, 5.41) is 20.0. The Labute approximate surface area is 216 Å². The number of aromatic nitrogens is 2. The molecule has 3 heterocycles. The number of rotatable bonds is 7. The van der Waals surface area contributed by atoms with Gasteiger partial charge < -0.3 is 20.1 Å². The van der Waals surface area contributed by atoms with Gasteiger partial charge in [0, 0.05) is 23.5 Å². The number of morpholine rings is 1. The minimum atomic E-state index is -0.742. The molecule has 8 heteroatoms. The van der Waals surface area contributed by atoms with E-state index in [4.69, 9.17) is 4.74 Å². The minimum Gasteiger partial charge on any atom is -0.390 e. The molecule has 0 spiro atoms. The van der Waals surface area contributed by atoms with Crippen LogP contribution < -0.4 is 10.9 Å². The van der Waals surface area contributed by atoms with Crippen LogP contribution >= 0.6 is 0 Å². The van der Waals surface area contributed by atoms with Gasteiger partial charge in [-0.1, -0.05) is 31.2 Å². The fourth-order valence-electron chi connectivity index (χ4n) is 6.25. The van der Waals surface area contributed by atoms with E-state index in [1.54, 1.807) is 12.1 Å². The first-order chi connectivity index (χ1) is 18.0. The number of nitrogens with zero attached hydrogens (tertiary/aromatic N) is 3. The Balaban J connectivity index is 1.18. The monoisotopic (exact) mass is 502 g/mol. The van der Waals surface area contributed by atoms with Crippen molar-refractivity contribution in [3.8, 4) is 0 Å². The quantitative estimate of drug-likeness (QED) is 0.514. The molecule has 37 heavy (non-hydrogen) atoms. The van der Waals surface area contributed by atoms with Gasteiger partial charge in [0.05, 0.1) is 49.0 Å². The van der Waals surface area contributed by atoms with Crippen molar-refractivity contribution < 1.29 is 14.6 Å². The second-order valence-corrected chi connectivity index (χ2v) is 10.6. The van der Waals surface area contributed by atoms with E-state index in [1.165, 1.54) is 15.8 Å². The Kier molecular flexibility index (Phi) is 6.56. The van der Waals surface area contributed by atoms with Crippen LogP contribution in [0.3, 0.4) is 0 Å². The lowest BCUT2D eigenvalue weighted by atomic mass is 10.0. The number of nitrogens with one attached hydrogen (secondary N) is 1. The van der Waals surface area contributed by atoms with Gasteiger partial charge in [-0.2, -0.15) is 5.10 Å². The van der Waals surface area contributed by atoms with Gasteiger partial charge >= 0.3 is 0 Å². The van der Waals surface area contributed by atoms with Crippen LogP contribution in [-0.2, 0) is 30.5 Å². The highest BCUT2D eigenvalue weighted by Gasteiger charge is 2.40. The number of carbonyl (C=O) groups is 1. The highest BCUT2D eigenvalue weighted by atomic mass is 16.5. The molecule has 1 aromatic heterocycles. The van der Waals surface area contributed by atoms with Crippen LogP contribution in [0.2, 0.25) is 0 Å². The summed E-state index contributed by atoms with van der Waals surface area (Å²) in [5.74, 6) is -0.000471. The largest absolute Gasteiger partial charge is 0.390 e. The highest BCUT2D eigenvalue weighted by Crippen LogP contribution is 2.31. The summed E-state index contributed by atoms with van der Waals surface area (Å²) in [6.45, 7) is 3.68. The van der Waals surface area contributed by atoms with E-state index in [1.807, 2.05) is 17.9 Å². The number of aliphatic hydroxyl groups is 1. The molecule has 0 radical (unpaired) electrons. The van der Waals surface area contributed by atoms with Crippen LogP contribution in [0.25, 0.3) is 10.8 Å². The normalized spacial score (nSPS) is 21.9. The third kappa shape index (κ3) is 4.58. The Morgan fingerprint density at radius 2 is 1.81 bits per heavy atom. The van der Waals surface area contributed by atoms with Crippen LogP contribution in [0.5, 0.6) is 0 Å². The van der Waals surface area contributed by atoms with Gasteiger partial charge in [-0.05, 0) is 61.4 Å². The van der Waals surface area contributed by atoms with Crippen molar-refractivity contribution >= 4 is 16.7 Å². The van der Waals surface area contributed by atoms with E-state index in [0.717, 1.165) is 31.4 Å². The SMILES string of the molecule is CCc1nn(C[C@@H](O)CNC2Cc3ccccc3C2)c(=O)c2ccc(C(=O)N3C4CCC3COC4)cc12. The van der Waals surface area contributed by atoms with Crippen molar-refractivity contribution in [1.29, 1.82) is 0 Å². The van der Waals surface area contributed by atoms with Gasteiger partial charge in [-0.3, -0.25) is 9.59 Å². The van der Waals surface area contributed by atoms with E-state index in [0.29, 0.717) is 42.5 Å². The molecule has 0 saturated carbocycles. The first kappa shape index (κ1) is 24.3. The maximum Gasteiger partial charge on any atom is 0.274 e. The molecule has 1 aliphatic carbocycles. The summed E-state index contributed by atoms with van der Waals surface area (Å²) < 4.78 is 7.00. The predicted molar refractivity (Wildman–Crippen MR) is 141 cm³/mol. The number of carbonyl (C=O) groups excluding carboxylic acids is 1. The van der Waals surface area contributed by atoms with Crippen molar-refractivity contribution in [2.24, 2.45) is 0 Å². The standard InChI is InChI=1S/C29H34N4O4/c1-2-27-26-13-20(28(35)33-22-8-9-23(33)17-37-16-22)7-10-25(26)29(36)32(31-27)15-24(34)14-30-21-11-18-5-3-4-6-19(18)12-21/h3-7,10,13,21-24,30,34H,2,8-9,11-12,14-17H2,1H3/t22?,23?,24-/m0/s1. The Morgan fingerprint density at radius 3 is 2.49 bits per heavy atom. The number of hydrogen-bond donors (Lipinski definition) is 2. The zero-order valence-electron chi connectivity index (χ0n) is 21.2. The van der Waals surface area contributed by atoms with E-state index >= 15 is 0 Å².